The van der Waals surface area contributed by atoms with Crippen LogP contribution in [0.3, 0.4) is 0 Å². The lowest BCUT2D eigenvalue weighted by atomic mass is 9.83. The second kappa shape index (κ2) is 5.09. The Morgan fingerprint density at radius 3 is 2.72 bits per heavy atom. The highest BCUT2D eigenvalue weighted by molar-refractivity contribution is 5.55. The molecule has 0 radical (unpaired) electrons. The first-order valence-electron chi connectivity index (χ1n) is 6.95. The van der Waals surface area contributed by atoms with Crippen LogP contribution in [0.1, 0.15) is 32.6 Å². The predicted molar refractivity (Wildman–Crippen MR) is 72.2 cm³/mol. The van der Waals surface area contributed by atoms with Crippen molar-refractivity contribution in [2.24, 2.45) is 11.8 Å². The van der Waals surface area contributed by atoms with Crippen molar-refractivity contribution >= 4 is 5.69 Å². The Hall–Kier alpha value is -1.38. The summed E-state index contributed by atoms with van der Waals surface area (Å²) in [6.07, 6.45) is 5.48. The first-order valence-corrected chi connectivity index (χ1v) is 6.95. The van der Waals surface area contributed by atoms with Crippen molar-refractivity contribution in [1.82, 2.24) is 0 Å². The topological polar surface area (TPSA) is 30.5 Å². The van der Waals surface area contributed by atoms with Gasteiger partial charge in [-0.15, -0.1) is 0 Å². The van der Waals surface area contributed by atoms with Gasteiger partial charge in [-0.05, 0) is 36.8 Å². The lowest BCUT2D eigenvalue weighted by Gasteiger charge is -2.26. The molecule has 3 nitrogen and oxygen atoms in total. The second-order valence-electron chi connectivity index (χ2n) is 5.57. The van der Waals surface area contributed by atoms with Gasteiger partial charge in [0.15, 0.2) is 11.5 Å². The van der Waals surface area contributed by atoms with Crippen LogP contribution in [0.15, 0.2) is 18.2 Å². The Labute approximate surface area is 108 Å². The van der Waals surface area contributed by atoms with E-state index in [0.29, 0.717) is 6.79 Å². The third-order valence-corrected chi connectivity index (χ3v) is 4.10. The van der Waals surface area contributed by atoms with Crippen molar-refractivity contribution in [3.63, 3.8) is 0 Å². The maximum Gasteiger partial charge on any atom is 0.231 e. The SMILES string of the molecule is CC1CCC(CNc2ccc3c(c2)OCO3)CC1. The minimum Gasteiger partial charge on any atom is -0.454 e. The number of ether oxygens (including phenoxy) is 2. The number of hydrogen-bond donors (Lipinski definition) is 1. The van der Waals surface area contributed by atoms with Gasteiger partial charge >= 0.3 is 0 Å². The van der Waals surface area contributed by atoms with E-state index in [1.807, 2.05) is 12.1 Å². The molecule has 0 atom stereocenters. The van der Waals surface area contributed by atoms with E-state index >= 15 is 0 Å². The summed E-state index contributed by atoms with van der Waals surface area (Å²) >= 11 is 0. The maximum absolute atomic E-state index is 5.38. The van der Waals surface area contributed by atoms with E-state index in [0.717, 1.165) is 35.6 Å². The van der Waals surface area contributed by atoms with Crippen LogP contribution in [-0.4, -0.2) is 13.3 Å². The molecule has 1 aromatic rings. The van der Waals surface area contributed by atoms with Gasteiger partial charge in [-0.25, -0.2) is 0 Å². The van der Waals surface area contributed by atoms with Gasteiger partial charge in [-0.1, -0.05) is 19.8 Å². The Kier molecular flexibility index (Phi) is 3.31. The van der Waals surface area contributed by atoms with Crippen LogP contribution in [-0.2, 0) is 0 Å². The van der Waals surface area contributed by atoms with Gasteiger partial charge in [0.25, 0.3) is 0 Å². The zero-order valence-electron chi connectivity index (χ0n) is 10.9. The zero-order chi connectivity index (χ0) is 12.4. The molecule has 3 rings (SSSR count). The molecule has 2 aliphatic rings. The lowest BCUT2D eigenvalue weighted by Crippen LogP contribution is -2.20. The molecule has 1 aromatic carbocycles. The summed E-state index contributed by atoms with van der Waals surface area (Å²) < 4.78 is 10.7. The van der Waals surface area contributed by atoms with E-state index in [1.165, 1.54) is 25.7 Å². The van der Waals surface area contributed by atoms with Crippen molar-refractivity contribution < 1.29 is 9.47 Å². The molecule has 0 spiro atoms. The highest BCUT2D eigenvalue weighted by atomic mass is 16.7. The van der Waals surface area contributed by atoms with E-state index in [-0.39, 0.29) is 0 Å². The molecule has 1 heterocycles. The smallest absolute Gasteiger partial charge is 0.231 e. The summed E-state index contributed by atoms with van der Waals surface area (Å²) in [5.41, 5.74) is 1.14. The van der Waals surface area contributed by atoms with Gasteiger partial charge in [-0.2, -0.15) is 0 Å². The van der Waals surface area contributed by atoms with Gasteiger partial charge in [0.2, 0.25) is 6.79 Å². The van der Waals surface area contributed by atoms with Crippen LogP contribution in [0.2, 0.25) is 0 Å². The summed E-state index contributed by atoms with van der Waals surface area (Å²) in [7, 11) is 0. The molecule has 1 aliphatic heterocycles. The van der Waals surface area contributed by atoms with Crippen LogP contribution < -0.4 is 14.8 Å². The minimum atomic E-state index is 0.347. The van der Waals surface area contributed by atoms with Gasteiger partial charge < -0.3 is 14.8 Å². The van der Waals surface area contributed by atoms with Crippen molar-refractivity contribution in [3.8, 4) is 11.5 Å². The van der Waals surface area contributed by atoms with Crippen LogP contribution >= 0.6 is 0 Å². The van der Waals surface area contributed by atoms with E-state index in [2.05, 4.69) is 18.3 Å². The molecule has 1 saturated carbocycles. The Balaban J connectivity index is 1.54. The molecule has 0 unspecified atom stereocenters. The van der Waals surface area contributed by atoms with Gasteiger partial charge in [0.05, 0.1) is 0 Å². The first kappa shape index (κ1) is 11.7. The largest absolute Gasteiger partial charge is 0.454 e. The molecule has 3 heteroatoms. The van der Waals surface area contributed by atoms with Crippen molar-refractivity contribution in [3.05, 3.63) is 18.2 Å². The summed E-state index contributed by atoms with van der Waals surface area (Å²) in [5.74, 6) is 3.46. The summed E-state index contributed by atoms with van der Waals surface area (Å²) in [5, 5.41) is 3.52. The van der Waals surface area contributed by atoms with Gasteiger partial charge in [0.1, 0.15) is 0 Å². The number of fused-ring (bicyclic) bond motifs is 1. The average molecular weight is 247 g/mol. The Morgan fingerprint density at radius 1 is 1.11 bits per heavy atom. The summed E-state index contributed by atoms with van der Waals surface area (Å²) in [4.78, 5) is 0. The highest BCUT2D eigenvalue weighted by Crippen LogP contribution is 2.34. The lowest BCUT2D eigenvalue weighted by molar-refractivity contribution is 0.174. The fourth-order valence-corrected chi connectivity index (χ4v) is 2.80. The molecule has 1 N–H and O–H groups in total. The molecule has 1 aliphatic carbocycles. The number of hydrogen-bond acceptors (Lipinski definition) is 3. The normalized spacial score (nSPS) is 26.1. The van der Waals surface area contributed by atoms with Crippen LogP contribution in [0.5, 0.6) is 11.5 Å². The Morgan fingerprint density at radius 2 is 1.89 bits per heavy atom. The molecular weight excluding hydrogens is 226 g/mol. The third kappa shape index (κ3) is 2.55. The summed E-state index contributed by atoms with van der Waals surface area (Å²) in [6, 6.07) is 6.08. The maximum atomic E-state index is 5.38. The summed E-state index contributed by atoms with van der Waals surface area (Å²) in [6.45, 7) is 3.78. The number of rotatable bonds is 3. The van der Waals surface area contributed by atoms with Crippen LogP contribution in [0, 0.1) is 11.8 Å². The van der Waals surface area contributed by atoms with E-state index in [4.69, 9.17) is 9.47 Å². The first-order chi connectivity index (χ1) is 8.81. The monoisotopic (exact) mass is 247 g/mol. The van der Waals surface area contributed by atoms with Gasteiger partial charge in [0, 0.05) is 18.3 Å². The third-order valence-electron chi connectivity index (χ3n) is 4.10. The molecule has 0 amide bonds. The number of anilines is 1. The molecule has 0 bridgehead atoms. The predicted octanol–water partition coefficient (Wildman–Crippen LogP) is 3.65. The average Bonchev–Trinajstić information content (AvgIpc) is 2.85. The Bertz CT molecular complexity index is 411. The van der Waals surface area contributed by atoms with Crippen molar-refractivity contribution in [1.29, 1.82) is 0 Å². The highest BCUT2D eigenvalue weighted by Gasteiger charge is 2.18. The molecule has 18 heavy (non-hydrogen) atoms. The van der Waals surface area contributed by atoms with Crippen LogP contribution in [0.25, 0.3) is 0 Å². The van der Waals surface area contributed by atoms with E-state index in [9.17, 15) is 0 Å². The fraction of sp³-hybridized carbons (Fsp3) is 0.600. The standard InChI is InChI=1S/C15H21NO2/c1-11-2-4-12(5-3-11)9-16-13-6-7-14-15(8-13)18-10-17-14/h6-8,11-12,16H,2-5,9-10H2,1H3. The number of nitrogens with one attached hydrogen (secondary N) is 1. The number of benzene rings is 1. The molecule has 0 saturated heterocycles. The second-order valence-corrected chi connectivity index (χ2v) is 5.57. The van der Waals surface area contributed by atoms with Gasteiger partial charge in [-0.3, -0.25) is 0 Å². The van der Waals surface area contributed by atoms with Crippen molar-refractivity contribution in [2.75, 3.05) is 18.7 Å². The van der Waals surface area contributed by atoms with E-state index in [1.54, 1.807) is 0 Å². The molecule has 98 valence electrons. The van der Waals surface area contributed by atoms with Crippen molar-refractivity contribution in [2.45, 2.75) is 32.6 Å². The molecular formula is C15H21NO2. The fourth-order valence-electron chi connectivity index (χ4n) is 2.80. The van der Waals surface area contributed by atoms with E-state index < -0.39 is 0 Å². The quantitative estimate of drug-likeness (QED) is 0.884. The minimum absolute atomic E-state index is 0.347. The molecule has 1 fully saturated rings. The molecule has 0 aromatic heterocycles. The zero-order valence-corrected chi connectivity index (χ0v) is 10.9. The van der Waals surface area contributed by atoms with Crippen LogP contribution in [0.4, 0.5) is 5.69 Å².